The number of urea groups is 1. The van der Waals surface area contributed by atoms with E-state index < -0.39 is 12.2 Å². The number of H-pyrrole nitrogens is 1. The van der Waals surface area contributed by atoms with E-state index in [-0.39, 0.29) is 6.61 Å². The van der Waals surface area contributed by atoms with Crippen molar-refractivity contribution in [3.8, 4) is 5.75 Å². The number of aromatic nitrogens is 2. The summed E-state index contributed by atoms with van der Waals surface area (Å²) in [6, 6.07) is 11.4. The topological polar surface area (TPSA) is 105 Å². The van der Waals surface area contributed by atoms with Crippen molar-refractivity contribution in [2.45, 2.75) is 6.92 Å². The van der Waals surface area contributed by atoms with Gasteiger partial charge in [0, 0.05) is 16.8 Å². The molecule has 0 atom stereocenters. The minimum Gasteiger partial charge on any atom is -0.434 e. The molecule has 0 aliphatic rings. The van der Waals surface area contributed by atoms with Gasteiger partial charge in [-0.05, 0) is 49.4 Å². The normalized spacial score (nSPS) is 10.3. The largest absolute Gasteiger partial charge is 0.513 e. The second-order valence-electron chi connectivity index (χ2n) is 5.06. The van der Waals surface area contributed by atoms with E-state index in [1.807, 2.05) is 6.07 Å². The summed E-state index contributed by atoms with van der Waals surface area (Å²) < 4.78 is 9.63. The highest BCUT2D eigenvalue weighted by Crippen LogP contribution is 2.18. The molecule has 8 nitrogen and oxygen atoms in total. The van der Waals surface area contributed by atoms with Gasteiger partial charge in [0.2, 0.25) is 0 Å². The first-order chi connectivity index (χ1) is 12.1. The van der Waals surface area contributed by atoms with Crippen LogP contribution in [0.15, 0.2) is 48.7 Å². The van der Waals surface area contributed by atoms with Gasteiger partial charge in [-0.2, -0.15) is 5.10 Å². The van der Waals surface area contributed by atoms with Gasteiger partial charge in [-0.3, -0.25) is 5.10 Å². The molecular weight excluding hydrogens is 324 g/mol. The van der Waals surface area contributed by atoms with E-state index in [4.69, 9.17) is 4.74 Å². The molecule has 0 radical (unpaired) electrons. The molecule has 0 aliphatic carbocycles. The third-order valence-corrected chi connectivity index (χ3v) is 3.28. The first kappa shape index (κ1) is 16.3. The molecule has 1 aromatic heterocycles. The zero-order valence-electron chi connectivity index (χ0n) is 13.4. The maximum absolute atomic E-state index is 12.1. The Kier molecular flexibility index (Phi) is 4.79. The summed E-state index contributed by atoms with van der Waals surface area (Å²) in [5, 5.41) is 13.2. The van der Waals surface area contributed by atoms with E-state index in [0.717, 1.165) is 10.9 Å². The fourth-order valence-corrected chi connectivity index (χ4v) is 2.16. The maximum atomic E-state index is 12.1. The quantitative estimate of drug-likeness (QED) is 0.495. The predicted molar refractivity (Wildman–Crippen MR) is 92.8 cm³/mol. The summed E-state index contributed by atoms with van der Waals surface area (Å²) >= 11 is 0. The van der Waals surface area contributed by atoms with Crippen LogP contribution in [0.2, 0.25) is 0 Å². The predicted octanol–water partition coefficient (Wildman–Crippen LogP) is 3.74. The lowest BCUT2D eigenvalue weighted by Crippen LogP contribution is -2.19. The van der Waals surface area contributed by atoms with E-state index in [1.165, 1.54) is 0 Å². The number of aromatic amines is 1. The molecule has 0 saturated heterocycles. The lowest BCUT2D eigenvalue weighted by Gasteiger charge is -2.09. The number of carbonyl (C=O) groups excluding carboxylic acids is 2. The molecular formula is C17H16N4O4. The monoisotopic (exact) mass is 340 g/mol. The van der Waals surface area contributed by atoms with Crippen molar-refractivity contribution in [1.29, 1.82) is 0 Å². The minimum absolute atomic E-state index is 0.239. The molecule has 1 heterocycles. The number of carbonyl (C=O) groups is 2. The van der Waals surface area contributed by atoms with Crippen molar-refractivity contribution < 1.29 is 19.1 Å². The van der Waals surface area contributed by atoms with Gasteiger partial charge < -0.3 is 20.1 Å². The number of anilines is 2. The Hall–Kier alpha value is -3.55. The zero-order chi connectivity index (χ0) is 17.6. The summed E-state index contributed by atoms with van der Waals surface area (Å²) in [4.78, 5) is 23.3. The van der Waals surface area contributed by atoms with Crippen molar-refractivity contribution in [3.05, 3.63) is 48.7 Å². The Morgan fingerprint density at radius 2 is 1.80 bits per heavy atom. The molecule has 8 heteroatoms. The van der Waals surface area contributed by atoms with Crippen LogP contribution in [0.4, 0.5) is 21.0 Å². The van der Waals surface area contributed by atoms with Crippen LogP contribution in [0.3, 0.4) is 0 Å². The van der Waals surface area contributed by atoms with Gasteiger partial charge in [0.1, 0.15) is 5.75 Å². The average molecular weight is 340 g/mol. The van der Waals surface area contributed by atoms with Crippen LogP contribution in [0.25, 0.3) is 10.9 Å². The number of amides is 2. The lowest BCUT2D eigenvalue weighted by molar-refractivity contribution is 0.104. The minimum atomic E-state index is -0.768. The summed E-state index contributed by atoms with van der Waals surface area (Å²) in [6.45, 7) is 1.93. The molecule has 0 fully saturated rings. The molecule has 25 heavy (non-hydrogen) atoms. The first-order valence-corrected chi connectivity index (χ1v) is 7.60. The van der Waals surface area contributed by atoms with Gasteiger partial charge in [-0.15, -0.1) is 0 Å². The number of rotatable bonds is 4. The number of hydrogen-bond acceptors (Lipinski definition) is 5. The van der Waals surface area contributed by atoms with Crippen LogP contribution in [0.1, 0.15) is 6.92 Å². The molecule has 0 aliphatic heterocycles. The molecule has 128 valence electrons. The van der Waals surface area contributed by atoms with Crippen LogP contribution in [0, 0.1) is 0 Å². The second kappa shape index (κ2) is 7.35. The lowest BCUT2D eigenvalue weighted by atomic mass is 10.2. The fraction of sp³-hybridized carbons (Fsp3) is 0.118. The molecule has 3 aromatic rings. The van der Waals surface area contributed by atoms with Crippen molar-refractivity contribution in [3.63, 3.8) is 0 Å². The fourth-order valence-electron chi connectivity index (χ4n) is 2.16. The van der Waals surface area contributed by atoms with E-state index in [0.29, 0.717) is 17.1 Å². The third kappa shape index (κ3) is 4.25. The SMILES string of the molecule is CCOC(=O)Oc1ccc(NC(=O)Nc2ccc3cn[nH]c3c2)cc1. The number of nitrogens with one attached hydrogen (secondary N) is 3. The molecule has 3 rings (SSSR count). The van der Waals surface area contributed by atoms with Gasteiger partial charge >= 0.3 is 12.2 Å². The van der Waals surface area contributed by atoms with Gasteiger partial charge in [0.25, 0.3) is 0 Å². The van der Waals surface area contributed by atoms with Crippen LogP contribution in [-0.4, -0.2) is 29.0 Å². The van der Waals surface area contributed by atoms with E-state index in [1.54, 1.807) is 49.5 Å². The van der Waals surface area contributed by atoms with Crippen LogP contribution >= 0.6 is 0 Å². The van der Waals surface area contributed by atoms with Gasteiger partial charge in [-0.25, -0.2) is 9.59 Å². The van der Waals surface area contributed by atoms with Gasteiger partial charge in [0.15, 0.2) is 0 Å². The summed E-state index contributed by atoms with van der Waals surface area (Å²) in [7, 11) is 0. The second-order valence-corrected chi connectivity index (χ2v) is 5.06. The van der Waals surface area contributed by atoms with Crippen molar-refractivity contribution in [2.24, 2.45) is 0 Å². The molecule has 0 spiro atoms. The Morgan fingerprint density at radius 3 is 2.56 bits per heavy atom. The summed E-state index contributed by atoms with van der Waals surface area (Å²) in [6.07, 6.45) is 0.939. The highest BCUT2D eigenvalue weighted by molar-refractivity contribution is 6.00. The Morgan fingerprint density at radius 1 is 1.08 bits per heavy atom. The molecule has 2 amide bonds. The van der Waals surface area contributed by atoms with Gasteiger partial charge in [-0.1, -0.05) is 0 Å². The van der Waals surface area contributed by atoms with E-state index in [9.17, 15) is 9.59 Å². The standard InChI is InChI=1S/C17H16N4O4/c1-2-24-17(23)25-14-7-5-12(6-8-14)19-16(22)20-13-4-3-11-10-18-21-15(11)9-13/h3-10H,2H2,1H3,(H,18,21)(H2,19,20,22). The van der Waals surface area contributed by atoms with Crippen molar-refractivity contribution in [1.82, 2.24) is 10.2 Å². The molecule has 0 saturated carbocycles. The average Bonchev–Trinajstić information content (AvgIpc) is 3.04. The molecule has 3 N–H and O–H groups in total. The first-order valence-electron chi connectivity index (χ1n) is 7.60. The summed E-state index contributed by atoms with van der Waals surface area (Å²) in [5.74, 6) is 0.328. The highest BCUT2D eigenvalue weighted by Gasteiger charge is 2.07. The Balaban J connectivity index is 1.57. The van der Waals surface area contributed by atoms with Gasteiger partial charge in [0.05, 0.1) is 18.3 Å². The highest BCUT2D eigenvalue weighted by atomic mass is 16.7. The number of hydrogen-bond donors (Lipinski definition) is 3. The third-order valence-electron chi connectivity index (χ3n) is 3.28. The zero-order valence-corrected chi connectivity index (χ0v) is 13.4. The number of benzene rings is 2. The van der Waals surface area contributed by atoms with Crippen LogP contribution in [0.5, 0.6) is 5.75 Å². The Labute approximate surface area is 143 Å². The summed E-state index contributed by atoms with van der Waals surface area (Å²) in [5.41, 5.74) is 2.02. The number of nitrogens with zero attached hydrogens (tertiary/aromatic N) is 1. The number of ether oxygens (including phenoxy) is 2. The number of fused-ring (bicyclic) bond motifs is 1. The van der Waals surface area contributed by atoms with E-state index >= 15 is 0 Å². The smallest absolute Gasteiger partial charge is 0.434 e. The van der Waals surface area contributed by atoms with E-state index in [2.05, 4.69) is 25.6 Å². The van der Waals surface area contributed by atoms with Crippen molar-refractivity contribution >= 4 is 34.5 Å². The molecule has 0 unspecified atom stereocenters. The van der Waals surface area contributed by atoms with Crippen LogP contribution in [-0.2, 0) is 4.74 Å². The Bertz CT molecular complexity index is 889. The maximum Gasteiger partial charge on any atom is 0.513 e. The molecule has 2 aromatic carbocycles. The van der Waals surface area contributed by atoms with Crippen LogP contribution < -0.4 is 15.4 Å². The molecule has 0 bridgehead atoms. The van der Waals surface area contributed by atoms with Crippen molar-refractivity contribution in [2.75, 3.05) is 17.2 Å².